The van der Waals surface area contributed by atoms with E-state index in [2.05, 4.69) is 21.2 Å². The quantitative estimate of drug-likeness (QED) is 0.907. The van der Waals surface area contributed by atoms with Crippen molar-refractivity contribution in [1.29, 1.82) is 0 Å². The van der Waals surface area contributed by atoms with Crippen molar-refractivity contribution in [1.82, 2.24) is 9.80 Å². The number of anilines is 1. The number of halogens is 1. The second-order valence-electron chi connectivity index (χ2n) is 4.55. The number of hydrogen-bond donors (Lipinski definition) is 1. The molecule has 1 fully saturated rings. The van der Waals surface area contributed by atoms with E-state index in [-0.39, 0.29) is 18.4 Å². The molecule has 1 heterocycles. The maximum Gasteiger partial charge on any atom is 0.238 e. The third-order valence-electron chi connectivity index (χ3n) is 3.05. The standard InChI is InChI=1S/C13H16BrN3O2/c1-16-6-7-17(9-13(16)19)8-12(18)15-11-5-3-2-4-10(11)14/h2-5H,6-9H2,1H3,(H,15,18). The summed E-state index contributed by atoms with van der Waals surface area (Å²) in [7, 11) is 1.78. The van der Waals surface area contributed by atoms with Crippen LogP contribution in [0.1, 0.15) is 0 Å². The fourth-order valence-corrected chi connectivity index (χ4v) is 2.28. The zero-order valence-electron chi connectivity index (χ0n) is 10.7. The van der Waals surface area contributed by atoms with E-state index in [1.165, 1.54) is 0 Å². The molecular weight excluding hydrogens is 310 g/mol. The second-order valence-corrected chi connectivity index (χ2v) is 5.41. The van der Waals surface area contributed by atoms with E-state index < -0.39 is 0 Å². The van der Waals surface area contributed by atoms with Crippen molar-refractivity contribution in [3.8, 4) is 0 Å². The van der Waals surface area contributed by atoms with Gasteiger partial charge in [0, 0.05) is 24.6 Å². The first kappa shape index (κ1) is 14.0. The lowest BCUT2D eigenvalue weighted by Gasteiger charge is -2.31. The number of likely N-dealkylation sites (N-methyl/N-ethyl adjacent to an activating group) is 1. The number of rotatable bonds is 3. The van der Waals surface area contributed by atoms with E-state index in [0.29, 0.717) is 13.1 Å². The number of para-hydroxylation sites is 1. The molecule has 0 radical (unpaired) electrons. The van der Waals surface area contributed by atoms with Gasteiger partial charge in [-0.15, -0.1) is 0 Å². The van der Waals surface area contributed by atoms with E-state index in [1.807, 2.05) is 29.2 Å². The van der Waals surface area contributed by atoms with Crippen LogP contribution in [0.2, 0.25) is 0 Å². The van der Waals surface area contributed by atoms with Crippen LogP contribution in [0, 0.1) is 0 Å². The van der Waals surface area contributed by atoms with Gasteiger partial charge in [-0.25, -0.2) is 0 Å². The lowest BCUT2D eigenvalue weighted by atomic mass is 10.3. The van der Waals surface area contributed by atoms with Gasteiger partial charge in [0.05, 0.1) is 18.8 Å². The number of nitrogens with zero attached hydrogens (tertiary/aromatic N) is 2. The molecule has 0 spiro atoms. The van der Waals surface area contributed by atoms with Crippen molar-refractivity contribution >= 4 is 33.4 Å². The Morgan fingerprint density at radius 2 is 2.11 bits per heavy atom. The van der Waals surface area contributed by atoms with Crippen LogP contribution < -0.4 is 5.32 Å². The van der Waals surface area contributed by atoms with Crippen molar-refractivity contribution in [3.05, 3.63) is 28.7 Å². The molecular formula is C13H16BrN3O2. The maximum absolute atomic E-state index is 11.9. The molecule has 1 aromatic carbocycles. The average molecular weight is 326 g/mol. The smallest absolute Gasteiger partial charge is 0.238 e. The molecule has 1 saturated heterocycles. The van der Waals surface area contributed by atoms with Crippen LogP contribution in [0.4, 0.5) is 5.69 Å². The van der Waals surface area contributed by atoms with Crippen LogP contribution in [0.3, 0.4) is 0 Å². The van der Waals surface area contributed by atoms with Gasteiger partial charge >= 0.3 is 0 Å². The molecule has 1 aromatic rings. The summed E-state index contributed by atoms with van der Waals surface area (Å²) in [5.74, 6) is -0.0517. The van der Waals surface area contributed by atoms with Gasteiger partial charge in [-0.1, -0.05) is 12.1 Å². The van der Waals surface area contributed by atoms with E-state index in [9.17, 15) is 9.59 Å². The summed E-state index contributed by atoms with van der Waals surface area (Å²) in [4.78, 5) is 27.0. The molecule has 19 heavy (non-hydrogen) atoms. The molecule has 0 aromatic heterocycles. The highest BCUT2D eigenvalue weighted by molar-refractivity contribution is 9.10. The number of amides is 2. The summed E-state index contributed by atoms with van der Waals surface area (Å²) in [5, 5.41) is 2.83. The topological polar surface area (TPSA) is 52.6 Å². The van der Waals surface area contributed by atoms with Gasteiger partial charge in [0.1, 0.15) is 0 Å². The minimum Gasteiger partial charge on any atom is -0.343 e. The molecule has 0 unspecified atom stereocenters. The fourth-order valence-electron chi connectivity index (χ4n) is 1.90. The first-order valence-electron chi connectivity index (χ1n) is 6.07. The third kappa shape index (κ3) is 3.78. The SMILES string of the molecule is CN1CCN(CC(=O)Nc2ccccc2Br)CC1=O. The Morgan fingerprint density at radius 3 is 2.79 bits per heavy atom. The number of nitrogens with one attached hydrogen (secondary N) is 1. The van der Waals surface area contributed by atoms with E-state index >= 15 is 0 Å². The molecule has 0 bridgehead atoms. The Bertz CT molecular complexity index is 493. The number of carbonyl (C=O) groups is 2. The Kier molecular flexibility index (Phi) is 4.55. The molecule has 0 saturated carbocycles. The summed E-state index contributed by atoms with van der Waals surface area (Å²) in [5.41, 5.74) is 0.743. The largest absolute Gasteiger partial charge is 0.343 e. The zero-order valence-corrected chi connectivity index (χ0v) is 12.3. The molecule has 0 aliphatic carbocycles. The minimum atomic E-state index is -0.107. The fraction of sp³-hybridized carbons (Fsp3) is 0.385. The predicted octanol–water partition coefficient (Wildman–Crippen LogP) is 1.16. The Morgan fingerprint density at radius 1 is 1.37 bits per heavy atom. The van der Waals surface area contributed by atoms with Gasteiger partial charge in [-0.05, 0) is 28.1 Å². The summed E-state index contributed by atoms with van der Waals surface area (Å²) in [6.45, 7) is 1.94. The minimum absolute atomic E-state index is 0.0555. The van der Waals surface area contributed by atoms with Crippen molar-refractivity contribution in [2.24, 2.45) is 0 Å². The van der Waals surface area contributed by atoms with Crippen molar-refractivity contribution < 1.29 is 9.59 Å². The number of hydrogen-bond acceptors (Lipinski definition) is 3. The van der Waals surface area contributed by atoms with Crippen LogP contribution in [-0.4, -0.2) is 54.8 Å². The van der Waals surface area contributed by atoms with Crippen LogP contribution in [0.5, 0.6) is 0 Å². The molecule has 2 amide bonds. The Labute approximate surface area is 120 Å². The molecule has 0 atom stereocenters. The molecule has 5 nitrogen and oxygen atoms in total. The predicted molar refractivity (Wildman–Crippen MR) is 76.8 cm³/mol. The lowest BCUT2D eigenvalue weighted by molar-refractivity contribution is -0.135. The summed E-state index contributed by atoms with van der Waals surface area (Å²) in [6.07, 6.45) is 0. The van der Waals surface area contributed by atoms with Gasteiger partial charge in [0.25, 0.3) is 0 Å². The highest BCUT2D eigenvalue weighted by Crippen LogP contribution is 2.21. The summed E-state index contributed by atoms with van der Waals surface area (Å²) >= 11 is 3.38. The molecule has 1 aliphatic rings. The van der Waals surface area contributed by atoms with Gasteiger partial charge in [0.15, 0.2) is 0 Å². The van der Waals surface area contributed by atoms with Gasteiger partial charge in [-0.3, -0.25) is 14.5 Å². The summed E-state index contributed by atoms with van der Waals surface area (Å²) in [6, 6.07) is 7.45. The van der Waals surface area contributed by atoms with Gasteiger partial charge in [0.2, 0.25) is 11.8 Å². The highest BCUT2D eigenvalue weighted by atomic mass is 79.9. The van der Waals surface area contributed by atoms with Crippen LogP contribution in [0.15, 0.2) is 28.7 Å². The Balaban J connectivity index is 1.88. The van der Waals surface area contributed by atoms with Crippen molar-refractivity contribution in [2.75, 3.05) is 38.5 Å². The van der Waals surface area contributed by atoms with Gasteiger partial charge < -0.3 is 10.2 Å². The van der Waals surface area contributed by atoms with E-state index in [1.54, 1.807) is 11.9 Å². The normalized spacial score (nSPS) is 16.5. The third-order valence-corrected chi connectivity index (χ3v) is 3.74. The number of benzene rings is 1. The molecule has 1 aliphatic heterocycles. The van der Waals surface area contributed by atoms with Crippen molar-refractivity contribution in [3.63, 3.8) is 0 Å². The van der Waals surface area contributed by atoms with E-state index in [4.69, 9.17) is 0 Å². The maximum atomic E-state index is 11.9. The molecule has 2 rings (SSSR count). The van der Waals surface area contributed by atoms with Crippen LogP contribution in [-0.2, 0) is 9.59 Å². The van der Waals surface area contributed by atoms with Crippen molar-refractivity contribution in [2.45, 2.75) is 0 Å². The second kappa shape index (κ2) is 6.16. The molecule has 6 heteroatoms. The highest BCUT2D eigenvalue weighted by Gasteiger charge is 2.22. The van der Waals surface area contributed by atoms with E-state index in [0.717, 1.165) is 16.7 Å². The monoisotopic (exact) mass is 325 g/mol. The zero-order chi connectivity index (χ0) is 13.8. The first-order valence-corrected chi connectivity index (χ1v) is 6.86. The molecule has 102 valence electrons. The van der Waals surface area contributed by atoms with Crippen LogP contribution in [0.25, 0.3) is 0 Å². The van der Waals surface area contributed by atoms with Gasteiger partial charge in [-0.2, -0.15) is 0 Å². The lowest BCUT2D eigenvalue weighted by Crippen LogP contribution is -2.50. The van der Waals surface area contributed by atoms with Crippen LogP contribution >= 0.6 is 15.9 Å². The first-order chi connectivity index (χ1) is 9.06. The Hall–Kier alpha value is -1.40. The number of piperazine rings is 1. The number of carbonyl (C=O) groups excluding carboxylic acids is 2. The summed E-state index contributed by atoms with van der Waals surface area (Å²) < 4.78 is 0.845. The average Bonchev–Trinajstić information content (AvgIpc) is 2.37. The molecule has 1 N–H and O–H groups in total.